The lowest BCUT2D eigenvalue weighted by Gasteiger charge is -2.42. The van der Waals surface area contributed by atoms with Crippen LogP contribution in [0.5, 0.6) is 0 Å². The second kappa shape index (κ2) is 6.55. The van der Waals surface area contributed by atoms with E-state index in [9.17, 15) is 4.39 Å². The number of benzene rings is 1. The van der Waals surface area contributed by atoms with E-state index in [1.54, 1.807) is 0 Å². The van der Waals surface area contributed by atoms with Gasteiger partial charge in [0, 0.05) is 12.2 Å². The third-order valence-corrected chi connectivity index (χ3v) is 3.19. The predicted octanol–water partition coefficient (Wildman–Crippen LogP) is 2.17. The zero-order chi connectivity index (χ0) is 13.7. The van der Waals surface area contributed by atoms with Gasteiger partial charge in [-0.15, -0.1) is 6.42 Å². The summed E-state index contributed by atoms with van der Waals surface area (Å²) in [7, 11) is 0. The molecule has 0 spiro atoms. The minimum Gasteiger partial charge on any atom is -0.345 e. The Morgan fingerprint density at radius 2 is 1.84 bits per heavy atom. The third-order valence-electron chi connectivity index (χ3n) is 3.19. The summed E-state index contributed by atoms with van der Waals surface area (Å²) in [5.74, 6) is 2.49. The average Bonchev–Trinajstić information content (AvgIpc) is 2.40. The monoisotopic (exact) mass is 261 g/mol. The summed E-state index contributed by atoms with van der Waals surface area (Å²) < 4.78 is 13.0. The van der Waals surface area contributed by atoms with Crippen LogP contribution in [0.4, 0.5) is 10.1 Å². The zero-order valence-corrected chi connectivity index (χ0v) is 11.3. The van der Waals surface area contributed by atoms with Gasteiger partial charge >= 0.3 is 0 Å². The molecule has 1 saturated heterocycles. The summed E-state index contributed by atoms with van der Waals surface area (Å²) in [6, 6.07) is 6.64. The summed E-state index contributed by atoms with van der Waals surface area (Å²) in [5.41, 5.74) is 1.03. The normalized spacial score (nSPS) is 17.4. The minimum atomic E-state index is -0.202. The second-order valence-electron chi connectivity index (χ2n) is 4.87. The van der Waals surface area contributed by atoms with Crippen molar-refractivity contribution >= 4 is 5.69 Å². The molecule has 0 radical (unpaired) electrons. The molecule has 3 nitrogen and oxygen atoms in total. The Morgan fingerprint density at radius 3 is 2.47 bits per heavy atom. The van der Waals surface area contributed by atoms with Gasteiger partial charge in [-0.05, 0) is 30.7 Å². The highest BCUT2D eigenvalue weighted by Crippen LogP contribution is 2.19. The summed E-state index contributed by atoms with van der Waals surface area (Å²) in [6.07, 6.45) is 6.52. The van der Waals surface area contributed by atoms with Crippen LogP contribution in [0.15, 0.2) is 24.3 Å². The molecule has 1 aliphatic heterocycles. The van der Waals surface area contributed by atoms with Gasteiger partial charge < -0.3 is 4.90 Å². The SMILES string of the molecule is C#CCN1CN(CCC)CN(c2ccc(F)cc2)C1. The molecule has 2 rings (SSSR count). The van der Waals surface area contributed by atoms with Crippen molar-refractivity contribution < 1.29 is 4.39 Å². The van der Waals surface area contributed by atoms with Crippen LogP contribution in [0.1, 0.15) is 13.3 Å². The van der Waals surface area contributed by atoms with Gasteiger partial charge in [0.1, 0.15) is 5.82 Å². The predicted molar refractivity (Wildman–Crippen MR) is 76.0 cm³/mol. The Balaban J connectivity index is 2.10. The van der Waals surface area contributed by atoms with Crippen LogP contribution in [0.3, 0.4) is 0 Å². The molecule has 1 aromatic carbocycles. The number of halogens is 1. The molecular formula is C15H20FN3. The molecule has 1 heterocycles. The lowest BCUT2D eigenvalue weighted by atomic mass is 10.3. The van der Waals surface area contributed by atoms with Crippen molar-refractivity contribution in [2.24, 2.45) is 0 Å². The number of nitrogens with zero attached hydrogens (tertiary/aromatic N) is 3. The molecule has 0 atom stereocenters. The number of hydrogen-bond donors (Lipinski definition) is 0. The number of rotatable bonds is 4. The highest BCUT2D eigenvalue weighted by Gasteiger charge is 2.22. The molecule has 102 valence electrons. The summed E-state index contributed by atoms with van der Waals surface area (Å²) in [4.78, 5) is 6.78. The topological polar surface area (TPSA) is 9.72 Å². The molecule has 19 heavy (non-hydrogen) atoms. The standard InChI is InChI=1S/C15H20FN3/c1-3-9-17-11-18(10-4-2)13-19(12-17)15-7-5-14(16)6-8-15/h1,5-8H,4,9-13H2,2H3. The van der Waals surface area contributed by atoms with Crippen molar-refractivity contribution in [1.29, 1.82) is 0 Å². The number of anilines is 1. The van der Waals surface area contributed by atoms with E-state index in [2.05, 4.69) is 27.5 Å². The maximum Gasteiger partial charge on any atom is 0.123 e. The Labute approximate surface area is 114 Å². The quantitative estimate of drug-likeness (QED) is 0.769. The molecule has 0 unspecified atom stereocenters. The fourth-order valence-electron chi connectivity index (χ4n) is 2.40. The van der Waals surface area contributed by atoms with Crippen LogP contribution in [-0.2, 0) is 0 Å². The zero-order valence-electron chi connectivity index (χ0n) is 11.3. The summed E-state index contributed by atoms with van der Waals surface area (Å²) >= 11 is 0. The van der Waals surface area contributed by atoms with Gasteiger partial charge in [0.05, 0.1) is 26.6 Å². The highest BCUT2D eigenvalue weighted by atomic mass is 19.1. The van der Waals surface area contributed by atoms with E-state index in [1.165, 1.54) is 12.1 Å². The van der Waals surface area contributed by atoms with E-state index in [-0.39, 0.29) is 5.82 Å². The lowest BCUT2D eigenvalue weighted by Crippen LogP contribution is -2.55. The maximum atomic E-state index is 13.0. The maximum absolute atomic E-state index is 13.0. The Hall–Kier alpha value is -1.57. The summed E-state index contributed by atoms with van der Waals surface area (Å²) in [5, 5.41) is 0. The molecule has 0 aromatic heterocycles. The highest BCUT2D eigenvalue weighted by molar-refractivity contribution is 5.46. The van der Waals surface area contributed by atoms with Gasteiger partial charge in [0.2, 0.25) is 0 Å². The molecule has 1 aliphatic rings. The molecular weight excluding hydrogens is 241 g/mol. The van der Waals surface area contributed by atoms with Gasteiger partial charge in [-0.2, -0.15) is 0 Å². The van der Waals surface area contributed by atoms with E-state index in [0.717, 1.165) is 38.7 Å². The van der Waals surface area contributed by atoms with Crippen LogP contribution in [0, 0.1) is 18.2 Å². The van der Waals surface area contributed by atoms with Crippen LogP contribution in [-0.4, -0.2) is 42.9 Å². The van der Waals surface area contributed by atoms with Gasteiger partial charge in [0.15, 0.2) is 0 Å². The minimum absolute atomic E-state index is 0.202. The van der Waals surface area contributed by atoms with Gasteiger partial charge in [0.25, 0.3) is 0 Å². The smallest absolute Gasteiger partial charge is 0.123 e. The number of hydrogen-bond acceptors (Lipinski definition) is 3. The largest absolute Gasteiger partial charge is 0.345 e. The van der Waals surface area contributed by atoms with Crippen LogP contribution >= 0.6 is 0 Å². The van der Waals surface area contributed by atoms with E-state index in [1.807, 2.05) is 12.1 Å². The molecule has 1 aromatic rings. The van der Waals surface area contributed by atoms with E-state index >= 15 is 0 Å². The first-order valence-electron chi connectivity index (χ1n) is 6.61. The fourth-order valence-corrected chi connectivity index (χ4v) is 2.40. The van der Waals surface area contributed by atoms with Crippen LogP contribution in [0.2, 0.25) is 0 Å². The molecule has 1 fully saturated rings. The first-order chi connectivity index (χ1) is 9.22. The molecule has 0 bridgehead atoms. The lowest BCUT2D eigenvalue weighted by molar-refractivity contribution is 0.0992. The van der Waals surface area contributed by atoms with Gasteiger partial charge in [-0.25, -0.2) is 4.39 Å². The Morgan fingerprint density at radius 1 is 1.16 bits per heavy atom. The van der Waals surface area contributed by atoms with Crippen molar-refractivity contribution in [2.75, 3.05) is 38.0 Å². The van der Waals surface area contributed by atoms with Crippen LogP contribution in [0.25, 0.3) is 0 Å². The van der Waals surface area contributed by atoms with Crippen molar-refractivity contribution in [3.05, 3.63) is 30.1 Å². The van der Waals surface area contributed by atoms with Gasteiger partial charge in [-0.1, -0.05) is 12.8 Å². The number of terminal acetylenes is 1. The third kappa shape index (κ3) is 3.69. The van der Waals surface area contributed by atoms with Gasteiger partial charge in [-0.3, -0.25) is 9.80 Å². The molecule has 4 heteroatoms. The first-order valence-corrected chi connectivity index (χ1v) is 6.61. The van der Waals surface area contributed by atoms with E-state index in [0.29, 0.717) is 6.54 Å². The molecule has 0 amide bonds. The fraction of sp³-hybridized carbons (Fsp3) is 0.467. The van der Waals surface area contributed by atoms with Crippen molar-refractivity contribution in [2.45, 2.75) is 13.3 Å². The van der Waals surface area contributed by atoms with E-state index < -0.39 is 0 Å². The summed E-state index contributed by atoms with van der Waals surface area (Å²) in [6.45, 7) is 6.39. The van der Waals surface area contributed by atoms with Crippen molar-refractivity contribution in [3.8, 4) is 12.3 Å². The molecule has 0 aliphatic carbocycles. The van der Waals surface area contributed by atoms with Crippen molar-refractivity contribution in [3.63, 3.8) is 0 Å². The Bertz CT molecular complexity index is 438. The molecule has 0 saturated carbocycles. The van der Waals surface area contributed by atoms with E-state index in [4.69, 9.17) is 6.42 Å². The first kappa shape index (κ1) is 13.9. The van der Waals surface area contributed by atoms with Crippen molar-refractivity contribution in [1.82, 2.24) is 9.80 Å². The van der Waals surface area contributed by atoms with Crippen LogP contribution < -0.4 is 4.90 Å². The molecule has 0 N–H and O–H groups in total. The Kier molecular flexibility index (Phi) is 4.78. The average molecular weight is 261 g/mol. The second-order valence-corrected chi connectivity index (χ2v) is 4.87.